The van der Waals surface area contributed by atoms with Gasteiger partial charge in [-0.05, 0) is 24.3 Å². The third-order valence-corrected chi connectivity index (χ3v) is 2.44. The van der Waals surface area contributed by atoms with Gasteiger partial charge in [0.2, 0.25) is 0 Å². The van der Waals surface area contributed by atoms with Crippen LogP contribution in [0.1, 0.15) is 0 Å². The van der Waals surface area contributed by atoms with Crippen LogP contribution >= 0.6 is 0 Å². The van der Waals surface area contributed by atoms with Gasteiger partial charge in [-0.1, -0.05) is 12.1 Å². The van der Waals surface area contributed by atoms with E-state index in [1.807, 2.05) is 12.1 Å². The number of hydrogen-bond acceptors (Lipinski definition) is 7. The molecule has 9 nitrogen and oxygen atoms in total. The van der Waals surface area contributed by atoms with Crippen molar-refractivity contribution in [2.45, 2.75) is 0 Å². The van der Waals surface area contributed by atoms with Crippen LogP contribution in [0, 0.1) is 0 Å². The van der Waals surface area contributed by atoms with Gasteiger partial charge in [0.1, 0.15) is 0 Å². The Bertz CT molecular complexity index is 698. The zero-order valence-electron chi connectivity index (χ0n) is 11.9. The van der Waals surface area contributed by atoms with E-state index in [2.05, 4.69) is 0 Å². The summed E-state index contributed by atoms with van der Waals surface area (Å²) in [4.78, 5) is 0. The third-order valence-electron chi connectivity index (χ3n) is 2.44. The normalized spacial score (nSPS) is 9.65. The fourth-order valence-electron chi connectivity index (χ4n) is 1.65. The summed E-state index contributed by atoms with van der Waals surface area (Å²) in [5, 5.41) is 0. The van der Waals surface area contributed by atoms with E-state index >= 15 is 0 Å². The van der Waals surface area contributed by atoms with Gasteiger partial charge in [0.15, 0.2) is 0 Å². The quantitative estimate of drug-likeness (QED) is 0.212. The zero-order chi connectivity index (χ0) is 16.2. The second kappa shape index (κ2) is 9.18. The molecule has 0 spiro atoms. The molecule has 0 heterocycles. The zero-order valence-corrected chi connectivity index (χ0v) is 13.7. The average molecular weight is 388 g/mol. The predicted octanol–water partition coefficient (Wildman–Crippen LogP) is 1.19. The van der Waals surface area contributed by atoms with Crippen LogP contribution < -0.4 is 29.1 Å². The molecule has 0 amide bonds. The third kappa shape index (κ3) is 8.24. The number of benzene rings is 2. The molecule has 0 aliphatic heterocycles. The van der Waals surface area contributed by atoms with Gasteiger partial charge < -0.3 is 29.1 Å². The SMILES string of the molecule is N.Nc1ccc(-c2ccc(N)cc2N)c(N)c1.O=S(=O)(O)O.[Ni]. The van der Waals surface area contributed by atoms with E-state index in [1.54, 1.807) is 24.3 Å². The van der Waals surface area contributed by atoms with Gasteiger partial charge in [-0.25, -0.2) is 0 Å². The van der Waals surface area contributed by atoms with E-state index in [-0.39, 0.29) is 22.6 Å². The van der Waals surface area contributed by atoms with Crippen molar-refractivity contribution < 1.29 is 34.0 Å². The predicted molar refractivity (Wildman–Crippen MR) is 88.7 cm³/mol. The van der Waals surface area contributed by atoms with Crippen molar-refractivity contribution in [3.05, 3.63) is 36.4 Å². The molecule has 0 bridgehead atoms. The topological polar surface area (TPSA) is 214 Å². The summed E-state index contributed by atoms with van der Waals surface area (Å²) >= 11 is 0. The summed E-state index contributed by atoms with van der Waals surface area (Å²) in [6.45, 7) is 0. The van der Waals surface area contributed by atoms with Crippen LogP contribution in [0.2, 0.25) is 0 Å². The Balaban J connectivity index is 0. The molecule has 0 aliphatic carbocycles. The molecule has 2 rings (SSSR count). The summed E-state index contributed by atoms with van der Waals surface area (Å²) < 4.78 is 31.6. The van der Waals surface area contributed by atoms with Gasteiger partial charge >= 0.3 is 10.4 Å². The monoisotopic (exact) mass is 387 g/mol. The van der Waals surface area contributed by atoms with E-state index in [0.29, 0.717) is 22.7 Å². The molecule has 0 unspecified atom stereocenters. The minimum absolute atomic E-state index is 0. The Labute approximate surface area is 144 Å². The summed E-state index contributed by atoms with van der Waals surface area (Å²) in [7, 11) is -4.67. The van der Waals surface area contributed by atoms with Crippen LogP contribution in [-0.4, -0.2) is 17.5 Å². The first-order chi connectivity index (χ1) is 9.58. The first kappa shape index (κ1) is 23.2. The Kier molecular flexibility index (Phi) is 9.27. The van der Waals surface area contributed by atoms with Crippen molar-refractivity contribution >= 4 is 33.1 Å². The van der Waals surface area contributed by atoms with Gasteiger partial charge in [-0.3, -0.25) is 9.11 Å². The van der Waals surface area contributed by atoms with Crippen molar-refractivity contribution in [3.63, 3.8) is 0 Å². The van der Waals surface area contributed by atoms with Gasteiger partial charge in [0, 0.05) is 50.4 Å². The molecule has 2 aromatic carbocycles. The molecule has 2 aromatic rings. The maximum absolute atomic E-state index is 8.74. The minimum Gasteiger partial charge on any atom is -0.399 e. The van der Waals surface area contributed by atoms with Crippen molar-refractivity contribution in [1.82, 2.24) is 6.15 Å². The molecule has 0 saturated heterocycles. The molecule has 11 heteroatoms. The Morgan fingerprint density at radius 2 is 1.00 bits per heavy atom. The molecule has 0 aromatic heterocycles. The Morgan fingerprint density at radius 3 is 1.22 bits per heavy atom. The molecule has 0 aliphatic rings. The number of hydrogen-bond donors (Lipinski definition) is 7. The van der Waals surface area contributed by atoms with E-state index in [9.17, 15) is 0 Å². The molecule has 23 heavy (non-hydrogen) atoms. The van der Waals surface area contributed by atoms with Crippen molar-refractivity contribution in [1.29, 1.82) is 0 Å². The summed E-state index contributed by atoms with van der Waals surface area (Å²) in [6, 6.07) is 10.7. The van der Waals surface area contributed by atoms with E-state index < -0.39 is 10.4 Å². The average Bonchev–Trinajstić information content (AvgIpc) is 2.28. The summed E-state index contributed by atoms with van der Waals surface area (Å²) in [5.41, 5.74) is 27.3. The van der Waals surface area contributed by atoms with Crippen LogP contribution in [0.5, 0.6) is 0 Å². The molecular formula is C12H19N5NiO4S. The molecule has 132 valence electrons. The molecule has 0 radical (unpaired) electrons. The Morgan fingerprint density at radius 1 is 0.739 bits per heavy atom. The van der Waals surface area contributed by atoms with E-state index in [0.717, 1.165) is 11.1 Å². The van der Waals surface area contributed by atoms with Crippen molar-refractivity contribution in [2.24, 2.45) is 0 Å². The van der Waals surface area contributed by atoms with Gasteiger partial charge in [0.05, 0.1) is 0 Å². The van der Waals surface area contributed by atoms with Crippen molar-refractivity contribution in [2.75, 3.05) is 22.9 Å². The molecular weight excluding hydrogens is 369 g/mol. The fraction of sp³-hybridized carbons (Fsp3) is 0. The Hall–Kier alpha value is -2.04. The largest absolute Gasteiger partial charge is 0.399 e. The fourth-order valence-corrected chi connectivity index (χ4v) is 1.65. The first-order valence-electron chi connectivity index (χ1n) is 5.58. The number of nitrogens with two attached hydrogens (primary N) is 4. The molecule has 0 atom stereocenters. The molecule has 0 fully saturated rings. The van der Waals surface area contributed by atoms with E-state index in [4.69, 9.17) is 40.5 Å². The molecule has 13 N–H and O–H groups in total. The minimum atomic E-state index is -4.67. The molecule has 0 saturated carbocycles. The number of nitrogen functional groups attached to an aromatic ring is 4. The van der Waals surface area contributed by atoms with Crippen LogP contribution in [0.3, 0.4) is 0 Å². The van der Waals surface area contributed by atoms with Gasteiger partial charge in [-0.15, -0.1) is 0 Å². The maximum atomic E-state index is 8.74. The van der Waals surface area contributed by atoms with Crippen LogP contribution in [0.25, 0.3) is 11.1 Å². The first-order valence-corrected chi connectivity index (χ1v) is 6.98. The second-order valence-corrected chi connectivity index (χ2v) is 5.04. The van der Waals surface area contributed by atoms with Gasteiger partial charge in [-0.2, -0.15) is 8.42 Å². The summed E-state index contributed by atoms with van der Waals surface area (Å²) in [6.07, 6.45) is 0. The number of anilines is 4. The number of rotatable bonds is 1. The van der Waals surface area contributed by atoms with Crippen LogP contribution in [0.4, 0.5) is 22.7 Å². The maximum Gasteiger partial charge on any atom is 0.394 e. The second-order valence-electron chi connectivity index (χ2n) is 4.14. The van der Waals surface area contributed by atoms with Gasteiger partial charge in [0.25, 0.3) is 0 Å². The van der Waals surface area contributed by atoms with E-state index in [1.165, 1.54) is 0 Å². The van der Waals surface area contributed by atoms with Crippen LogP contribution in [0.15, 0.2) is 36.4 Å². The summed E-state index contributed by atoms with van der Waals surface area (Å²) in [5.74, 6) is 0. The van der Waals surface area contributed by atoms with Crippen LogP contribution in [-0.2, 0) is 26.9 Å². The smallest absolute Gasteiger partial charge is 0.394 e. The van der Waals surface area contributed by atoms with Crippen molar-refractivity contribution in [3.8, 4) is 11.1 Å². The standard InChI is InChI=1S/C12H14N4.H3N.Ni.H2O4S/c13-7-1-3-9(11(15)5-7)10-4-2-8(14)6-12(10)16;;;1-5(2,3)4/h1-6H,13-16H2;1H3;;(H2,1,2,3,4).